The van der Waals surface area contributed by atoms with E-state index in [0.29, 0.717) is 0 Å². The standard InChI is InChI=1S/C22H20N2O2S/c1-18-12-15-21(16-13-18)27(25,26)24-23-22(20-10-6-3-7-11-20)17-14-19-8-4-2-5-9-19/h2-13,15-16,22-24H,1H3. The number of hydrogen-bond acceptors (Lipinski definition) is 3. The summed E-state index contributed by atoms with van der Waals surface area (Å²) in [6.45, 7) is 1.91. The minimum Gasteiger partial charge on any atom is -0.224 e. The van der Waals surface area contributed by atoms with Gasteiger partial charge in [0.15, 0.2) is 0 Å². The maximum atomic E-state index is 12.5. The molecule has 0 saturated heterocycles. The largest absolute Gasteiger partial charge is 0.253 e. The highest BCUT2D eigenvalue weighted by atomic mass is 32.2. The maximum absolute atomic E-state index is 12.5. The molecule has 0 aliphatic carbocycles. The van der Waals surface area contributed by atoms with Gasteiger partial charge in [-0.25, -0.2) is 13.8 Å². The molecule has 0 aliphatic heterocycles. The van der Waals surface area contributed by atoms with Gasteiger partial charge in [-0.05, 0) is 36.8 Å². The molecule has 1 unspecified atom stereocenters. The normalized spacial score (nSPS) is 12.0. The van der Waals surface area contributed by atoms with Gasteiger partial charge >= 0.3 is 0 Å². The van der Waals surface area contributed by atoms with Crippen LogP contribution in [-0.4, -0.2) is 8.42 Å². The van der Waals surface area contributed by atoms with Crippen molar-refractivity contribution in [3.63, 3.8) is 0 Å². The van der Waals surface area contributed by atoms with Crippen LogP contribution in [0.25, 0.3) is 0 Å². The third-order valence-corrected chi connectivity index (χ3v) is 5.22. The van der Waals surface area contributed by atoms with Gasteiger partial charge in [-0.15, -0.1) is 4.83 Å². The zero-order chi connectivity index (χ0) is 19.1. The first-order chi connectivity index (χ1) is 13.0. The van der Waals surface area contributed by atoms with Crippen LogP contribution in [0.4, 0.5) is 0 Å². The summed E-state index contributed by atoms with van der Waals surface area (Å²) in [6, 6.07) is 25.2. The smallest absolute Gasteiger partial charge is 0.224 e. The molecule has 5 heteroatoms. The van der Waals surface area contributed by atoms with E-state index < -0.39 is 16.1 Å². The van der Waals surface area contributed by atoms with Crippen molar-refractivity contribution in [1.82, 2.24) is 10.3 Å². The average Bonchev–Trinajstić information content (AvgIpc) is 2.70. The molecule has 0 saturated carbocycles. The zero-order valence-electron chi connectivity index (χ0n) is 14.9. The molecule has 1 atom stereocenters. The second-order valence-electron chi connectivity index (χ2n) is 6.04. The van der Waals surface area contributed by atoms with Crippen molar-refractivity contribution in [2.75, 3.05) is 0 Å². The number of hydrogen-bond donors (Lipinski definition) is 2. The van der Waals surface area contributed by atoms with Gasteiger partial charge in [-0.3, -0.25) is 0 Å². The van der Waals surface area contributed by atoms with Gasteiger partial charge in [-0.1, -0.05) is 78.1 Å². The lowest BCUT2D eigenvalue weighted by atomic mass is 10.1. The predicted molar refractivity (Wildman–Crippen MR) is 107 cm³/mol. The fourth-order valence-electron chi connectivity index (χ4n) is 2.44. The van der Waals surface area contributed by atoms with Crippen molar-refractivity contribution in [1.29, 1.82) is 0 Å². The Balaban J connectivity index is 1.82. The summed E-state index contributed by atoms with van der Waals surface area (Å²) < 4.78 is 25.1. The van der Waals surface area contributed by atoms with Crippen molar-refractivity contribution in [3.05, 3.63) is 102 Å². The van der Waals surface area contributed by atoms with Crippen molar-refractivity contribution in [2.45, 2.75) is 17.9 Å². The van der Waals surface area contributed by atoms with Crippen LogP contribution >= 0.6 is 0 Å². The van der Waals surface area contributed by atoms with E-state index in [1.807, 2.05) is 67.6 Å². The molecule has 0 radical (unpaired) electrons. The summed E-state index contributed by atoms with van der Waals surface area (Å²) in [4.78, 5) is 2.65. The van der Waals surface area contributed by atoms with E-state index in [2.05, 4.69) is 22.1 Å². The van der Waals surface area contributed by atoms with Crippen molar-refractivity contribution < 1.29 is 8.42 Å². The van der Waals surface area contributed by atoms with Crippen LogP contribution in [0.2, 0.25) is 0 Å². The lowest BCUT2D eigenvalue weighted by Crippen LogP contribution is -2.39. The first-order valence-corrected chi connectivity index (χ1v) is 9.98. The first-order valence-electron chi connectivity index (χ1n) is 8.50. The quantitative estimate of drug-likeness (QED) is 0.529. The second kappa shape index (κ2) is 8.65. The summed E-state index contributed by atoms with van der Waals surface area (Å²) in [5.74, 6) is 6.18. The Morgan fingerprint density at radius 2 is 1.41 bits per heavy atom. The summed E-state index contributed by atoms with van der Waals surface area (Å²) in [6.07, 6.45) is 0. The molecule has 136 valence electrons. The summed E-state index contributed by atoms with van der Waals surface area (Å²) in [5, 5.41) is 0. The molecule has 4 nitrogen and oxygen atoms in total. The first kappa shape index (κ1) is 18.9. The highest BCUT2D eigenvalue weighted by Crippen LogP contribution is 2.13. The Morgan fingerprint density at radius 1 is 0.815 bits per heavy atom. The highest BCUT2D eigenvalue weighted by molar-refractivity contribution is 7.89. The topological polar surface area (TPSA) is 58.2 Å². The number of hydrazine groups is 1. The van der Waals surface area contributed by atoms with Crippen LogP contribution in [0, 0.1) is 18.8 Å². The molecule has 0 aliphatic rings. The van der Waals surface area contributed by atoms with E-state index in [1.54, 1.807) is 24.3 Å². The van der Waals surface area contributed by atoms with E-state index in [9.17, 15) is 8.42 Å². The van der Waals surface area contributed by atoms with Gasteiger partial charge in [0.05, 0.1) is 4.90 Å². The van der Waals surface area contributed by atoms with Gasteiger partial charge in [0.1, 0.15) is 6.04 Å². The molecular weight excluding hydrogens is 356 g/mol. The number of nitrogens with one attached hydrogen (secondary N) is 2. The molecule has 0 spiro atoms. The van der Waals surface area contributed by atoms with Crippen molar-refractivity contribution in [3.8, 4) is 11.8 Å². The minimum absolute atomic E-state index is 0.198. The summed E-state index contributed by atoms with van der Waals surface area (Å²) >= 11 is 0. The Morgan fingerprint density at radius 3 is 2.04 bits per heavy atom. The van der Waals surface area contributed by atoms with Gasteiger partial charge in [0.2, 0.25) is 0 Å². The fraction of sp³-hybridized carbons (Fsp3) is 0.0909. The second-order valence-corrected chi connectivity index (χ2v) is 7.72. The molecule has 3 rings (SSSR count). The van der Waals surface area contributed by atoms with Crippen LogP contribution in [-0.2, 0) is 10.0 Å². The van der Waals surface area contributed by atoms with Crippen LogP contribution < -0.4 is 10.3 Å². The lowest BCUT2D eigenvalue weighted by Gasteiger charge is -2.15. The van der Waals surface area contributed by atoms with Gasteiger partial charge < -0.3 is 0 Å². The molecule has 0 fully saturated rings. The zero-order valence-corrected chi connectivity index (χ0v) is 15.7. The van der Waals surface area contributed by atoms with Crippen LogP contribution in [0.5, 0.6) is 0 Å². The molecule has 0 amide bonds. The number of aryl methyl sites for hydroxylation is 1. The highest BCUT2D eigenvalue weighted by Gasteiger charge is 2.16. The van der Waals surface area contributed by atoms with Gasteiger partial charge in [0, 0.05) is 5.56 Å². The maximum Gasteiger partial charge on any atom is 0.253 e. The molecule has 0 aromatic heterocycles. The molecule has 27 heavy (non-hydrogen) atoms. The molecule has 3 aromatic rings. The molecular formula is C22H20N2O2S. The van der Waals surface area contributed by atoms with E-state index in [4.69, 9.17) is 0 Å². The predicted octanol–water partition coefficient (Wildman–Crippen LogP) is 3.57. The lowest BCUT2D eigenvalue weighted by molar-refractivity contribution is 0.540. The average molecular weight is 376 g/mol. The van der Waals surface area contributed by atoms with E-state index in [0.717, 1.165) is 16.7 Å². The van der Waals surface area contributed by atoms with Crippen molar-refractivity contribution >= 4 is 10.0 Å². The van der Waals surface area contributed by atoms with Crippen molar-refractivity contribution in [2.24, 2.45) is 0 Å². The van der Waals surface area contributed by atoms with Gasteiger partial charge in [0.25, 0.3) is 10.0 Å². The Labute approximate surface area is 160 Å². The van der Waals surface area contributed by atoms with E-state index >= 15 is 0 Å². The minimum atomic E-state index is -3.69. The Bertz CT molecular complexity index is 1040. The monoisotopic (exact) mass is 376 g/mol. The molecule has 3 aromatic carbocycles. The summed E-state index contributed by atoms with van der Waals surface area (Å²) in [7, 11) is -3.69. The SMILES string of the molecule is Cc1ccc(S(=O)(=O)NNC(C#Cc2ccccc2)c2ccccc2)cc1. The molecule has 0 heterocycles. The van der Waals surface area contributed by atoms with Crippen LogP contribution in [0.15, 0.2) is 89.8 Å². The van der Waals surface area contributed by atoms with E-state index in [-0.39, 0.29) is 4.90 Å². The molecule has 2 N–H and O–H groups in total. The number of benzene rings is 3. The third kappa shape index (κ3) is 5.28. The van der Waals surface area contributed by atoms with E-state index in [1.165, 1.54) is 0 Å². The Kier molecular flexibility index (Phi) is 6.05. The molecule has 0 bridgehead atoms. The summed E-state index contributed by atoms with van der Waals surface area (Å²) in [5.41, 5.74) is 5.58. The van der Waals surface area contributed by atoms with Crippen LogP contribution in [0.1, 0.15) is 22.7 Å². The number of rotatable bonds is 5. The Hall–Kier alpha value is -2.91. The third-order valence-electron chi connectivity index (χ3n) is 3.94. The van der Waals surface area contributed by atoms with Gasteiger partial charge in [-0.2, -0.15) is 0 Å². The fourth-order valence-corrected chi connectivity index (χ4v) is 3.32. The number of sulfonamides is 1. The van der Waals surface area contributed by atoms with Crippen LogP contribution in [0.3, 0.4) is 0 Å².